The molecule has 0 bridgehead atoms. The fraction of sp³-hybridized carbons (Fsp3) is 0.588. The molecule has 2 rings (SSSR count). The highest BCUT2D eigenvalue weighted by molar-refractivity contribution is 7.99. The molecule has 3 unspecified atom stereocenters. The lowest BCUT2D eigenvalue weighted by Crippen LogP contribution is -2.39. The fourth-order valence-corrected chi connectivity index (χ4v) is 3.76. The number of anilines is 1. The maximum atomic E-state index is 12.3. The lowest BCUT2D eigenvalue weighted by molar-refractivity contribution is -0.118. The average Bonchev–Trinajstić information content (AvgIpc) is 2.94. The number of para-hydroxylation sites is 1. The predicted molar refractivity (Wildman–Crippen MR) is 92.0 cm³/mol. The van der Waals surface area contributed by atoms with Crippen molar-refractivity contribution in [3.63, 3.8) is 0 Å². The van der Waals surface area contributed by atoms with Crippen LogP contribution in [0.3, 0.4) is 0 Å². The van der Waals surface area contributed by atoms with E-state index in [-0.39, 0.29) is 11.9 Å². The Morgan fingerprint density at radius 2 is 2.10 bits per heavy atom. The van der Waals surface area contributed by atoms with Crippen LogP contribution in [0, 0.1) is 0 Å². The van der Waals surface area contributed by atoms with Crippen LogP contribution < -0.4 is 10.2 Å². The minimum Gasteiger partial charge on any atom is -0.315 e. The Labute approximate surface area is 132 Å². The molecule has 1 aliphatic carbocycles. The number of nitrogens with zero attached hydrogens (tertiary/aromatic N) is 1. The summed E-state index contributed by atoms with van der Waals surface area (Å²) in [6.45, 7) is 2.11. The zero-order valence-electron chi connectivity index (χ0n) is 13.2. The first-order valence-corrected chi connectivity index (χ1v) is 8.99. The van der Waals surface area contributed by atoms with Crippen LogP contribution in [0.5, 0.6) is 0 Å². The Hall–Kier alpha value is -1.00. The molecule has 1 fully saturated rings. The van der Waals surface area contributed by atoms with Crippen LogP contribution in [0.4, 0.5) is 5.69 Å². The van der Waals surface area contributed by atoms with Crippen LogP contribution in [-0.2, 0) is 4.79 Å². The van der Waals surface area contributed by atoms with E-state index in [4.69, 9.17) is 0 Å². The molecule has 1 amide bonds. The molecule has 1 aromatic rings. The van der Waals surface area contributed by atoms with Gasteiger partial charge in [0, 0.05) is 36.5 Å². The van der Waals surface area contributed by atoms with Gasteiger partial charge in [0.05, 0.1) is 0 Å². The van der Waals surface area contributed by atoms with E-state index < -0.39 is 0 Å². The number of rotatable bonds is 6. The summed E-state index contributed by atoms with van der Waals surface area (Å²) < 4.78 is 0. The highest BCUT2D eigenvalue weighted by Gasteiger charge is 2.25. The van der Waals surface area contributed by atoms with E-state index in [1.807, 2.05) is 49.1 Å². The molecular formula is C17H26N2OS. The first-order valence-electron chi connectivity index (χ1n) is 7.70. The van der Waals surface area contributed by atoms with Gasteiger partial charge in [-0.25, -0.2) is 0 Å². The molecule has 0 radical (unpaired) electrons. The van der Waals surface area contributed by atoms with Gasteiger partial charge in [-0.1, -0.05) is 18.2 Å². The Morgan fingerprint density at radius 1 is 1.38 bits per heavy atom. The van der Waals surface area contributed by atoms with Crippen LogP contribution in [0.25, 0.3) is 0 Å². The molecular weight excluding hydrogens is 280 g/mol. The Bertz CT molecular complexity index is 451. The molecule has 21 heavy (non-hydrogen) atoms. The quantitative estimate of drug-likeness (QED) is 0.875. The van der Waals surface area contributed by atoms with E-state index in [0.29, 0.717) is 12.5 Å². The second-order valence-corrected chi connectivity index (χ2v) is 7.07. The van der Waals surface area contributed by atoms with Gasteiger partial charge >= 0.3 is 0 Å². The molecule has 1 aromatic carbocycles. The van der Waals surface area contributed by atoms with E-state index >= 15 is 0 Å². The fourth-order valence-electron chi connectivity index (χ4n) is 2.96. The molecule has 0 aromatic heterocycles. The van der Waals surface area contributed by atoms with Gasteiger partial charge in [0.2, 0.25) is 5.91 Å². The van der Waals surface area contributed by atoms with Crippen LogP contribution in [0.1, 0.15) is 32.6 Å². The summed E-state index contributed by atoms with van der Waals surface area (Å²) in [7, 11) is 1.85. The van der Waals surface area contributed by atoms with Crippen molar-refractivity contribution in [2.24, 2.45) is 0 Å². The van der Waals surface area contributed by atoms with Crippen LogP contribution in [0.2, 0.25) is 0 Å². The van der Waals surface area contributed by atoms with E-state index in [9.17, 15) is 4.79 Å². The van der Waals surface area contributed by atoms with Crippen molar-refractivity contribution in [1.29, 1.82) is 0 Å². The highest BCUT2D eigenvalue weighted by atomic mass is 32.2. The second kappa shape index (κ2) is 7.85. The van der Waals surface area contributed by atoms with Crippen molar-refractivity contribution < 1.29 is 4.79 Å². The Balaban J connectivity index is 1.79. The van der Waals surface area contributed by atoms with Gasteiger partial charge in [0.1, 0.15) is 0 Å². The van der Waals surface area contributed by atoms with Crippen molar-refractivity contribution in [1.82, 2.24) is 5.32 Å². The van der Waals surface area contributed by atoms with E-state index in [1.54, 1.807) is 4.90 Å². The number of carbonyl (C=O) groups excluding carboxylic acids is 1. The smallest absolute Gasteiger partial charge is 0.228 e. The number of carbonyl (C=O) groups is 1. The lowest BCUT2D eigenvalue weighted by atomic mass is 10.1. The summed E-state index contributed by atoms with van der Waals surface area (Å²) in [4.78, 5) is 14.1. The Morgan fingerprint density at radius 3 is 2.71 bits per heavy atom. The molecule has 1 saturated carbocycles. The van der Waals surface area contributed by atoms with Crippen molar-refractivity contribution in [3.8, 4) is 0 Å². The van der Waals surface area contributed by atoms with Crippen molar-refractivity contribution in [3.05, 3.63) is 30.3 Å². The maximum Gasteiger partial charge on any atom is 0.228 e. The summed E-state index contributed by atoms with van der Waals surface area (Å²) >= 11 is 1.96. The highest BCUT2D eigenvalue weighted by Crippen LogP contribution is 2.28. The van der Waals surface area contributed by atoms with Crippen molar-refractivity contribution in [2.75, 3.05) is 18.2 Å². The van der Waals surface area contributed by atoms with Crippen molar-refractivity contribution >= 4 is 23.4 Å². The molecule has 3 nitrogen and oxygen atoms in total. The van der Waals surface area contributed by atoms with Crippen LogP contribution in [-0.4, -0.2) is 36.5 Å². The molecule has 0 spiro atoms. The maximum absolute atomic E-state index is 12.3. The first kappa shape index (κ1) is 16.4. The largest absolute Gasteiger partial charge is 0.315 e. The van der Waals surface area contributed by atoms with Crippen LogP contribution >= 0.6 is 11.8 Å². The standard InChI is InChI=1S/C17H26N2OS/c1-13(18-14-9-10-16(12-14)21-3)11-17(20)19(2)15-7-5-4-6-8-15/h4-8,13-14,16,18H,9-12H2,1-3H3. The molecule has 1 aliphatic rings. The molecule has 0 heterocycles. The zero-order chi connectivity index (χ0) is 15.2. The molecule has 4 heteroatoms. The Kier molecular flexibility index (Phi) is 6.12. The number of nitrogens with one attached hydrogen (secondary N) is 1. The summed E-state index contributed by atoms with van der Waals surface area (Å²) in [5.41, 5.74) is 0.956. The molecule has 1 N–H and O–H groups in total. The summed E-state index contributed by atoms with van der Waals surface area (Å²) in [5.74, 6) is 0.167. The van der Waals surface area contributed by atoms with Gasteiger partial charge in [-0.2, -0.15) is 11.8 Å². The predicted octanol–water partition coefficient (Wildman–Crippen LogP) is 3.30. The van der Waals surface area contributed by atoms with Gasteiger partial charge < -0.3 is 10.2 Å². The van der Waals surface area contributed by atoms with Gasteiger partial charge in [-0.05, 0) is 44.6 Å². The van der Waals surface area contributed by atoms with Crippen molar-refractivity contribution in [2.45, 2.75) is 49.9 Å². The number of hydrogen-bond acceptors (Lipinski definition) is 3. The van der Waals surface area contributed by atoms with E-state index in [1.165, 1.54) is 19.3 Å². The number of benzene rings is 1. The minimum atomic E-state index is 0.167. The number of thioether (sulfide) groups is 1. The summed E-state index contributed by atoms with van der Waals surface area (Å²) in [5, 5.41) is 4.41. The van der Waals surface area contributed by atoms with Crippen LogP contribution in [0.15, 0.2) is 30.3 Å². The van der Waals surface area contributed by atoms with E-state index in [0.717, 1.165) is 10.9 Å². The lowest BCUT2D eigenvalue weighted by Gasteiger charge is -2.23. The average molecular weight is 306 g/mol. The topological polar surface area (TPSA) is 32.3 Å². The second-order valence-electron chi connectivity index (χ2n) is 5.93. The van der Waals surface area contributed by atoms with Gasteiger partial charge in [-0.3, -0.25) is 4.79 Å². The summed E-state index contributed by atoms with van der Waals surface area (Å²) in [6, 6.07) is 10.6. The third kappa shape index (κ3) is 4.75. The SMILES string of the molecule is CSC1CCC(NC(C)CC(=O)N(C)c2ccccc2)C1. The third-order valence-corrected chi connectivity index (χ3v) is 5.33. The minimum absolute atomic E-state index is 0.167. The van der Waals surface area contributed by atoms with E-state index in [2.05, 4.69) is 18.5 Å². The molecule has 116 valence electrons. The zero-order valence-corrected chi connectivity index (χ0v) is 14.0. The first-order chi connectivity index (χ1) is 10.1. The molecule has 3 atom stereocenters. The molecule has 0 saturated heterocycles. The molecule has 0 aliphatic heterocycles. The monoisotopic (exact) mass is 306 g/mol. The number of hydrogen-bond donors (Lipinski definition) is 1. The number of amides is 1. The summed E-state index contributed by atoms with van der Waals surface area (Å²) in [6.07, 6.45) is 6.50. The third-order valence-electron chi connectivity index (χ3n) is 4.24. The van der Waals surface area contributed by atoms with Gasteiger partial charge in [0.15, 0.2) is 0 Å². The van der Waals surface area contributed by atoms with Gasteiger partial charge in [0.25, 0.3) is 0 Å². The normalized spacial score (nSPS) is 23.0. The van der Waals surface area contributed by atoms with Gasteiger partial charge in [-0.15, -0.1) is 0 Å².